The van der Waals surface area contributed by atoms with Crippen molar-refractivity contribution < 1.29 is 4.39 Å². The van der Waals surface area contributed by atoms with Gasteiger partial charge in [0.15, 0.2) is 0 Å². The molecule has 1 fully saturated rings. The summed E-state index contributed by atoms with van der Waals surface area (Å²) in [5.41, 5.74) is 4.38. The van der Waals surface area contributed by atoms with E-state index in [0.29, 0.717) is 0 Å². The quantitative estimate of drug-likeness (QED) is 0.251. The normalized spacial score (nSPS) is 15.3. The second-order valence-electron chi connectivity index (χ2n) is 8.89. The van der Waals surface area contributed by atoms with Gasteiger partial charge in [0, 0.05) is 42.1 Å². The van der Waals surface area contributed by atoms with E-state index >= 15 is 0 Å². The third-order valence-electron chi connectivity index (χ3n) is 6.80. The molecule has 0 spiro atoms. The smallest absolute Gasteiger partial charge is 0.141 e. The fourth-order valence-corrected chi connectivity index (χ4v) is 6.20. The van der Waals surface area contributed by atoms with Gasteiger partial charge in [0.2, 0.25) is 0 Å². The van der Waals surface area contributed by atoms with Crippen LogP contribution in [0.4, 0.5) is 10.2 Å². The lowest BCUT2D eigenvalue weighted by Crippen LogP contribution is -2.48. The molecule has 0 aliphatic carbocycles. The van der Waals surface area contributed by atoms with Gasteiger partial charge in [0.05, 0.1) is 11.4 Å². The highest BCUT2D eigenvalue weighted by atomic mass is 35.5. The Kier molecular flexibility index (Phi) is 6.40. The van der Waals surface area contributed by atoms with E-state index in [9.17, 15) is 4.39 Å². The Morgan fingerprint density at radius 2 is 1.56 bits per heavy atom. The summed E-state index contributed by atoms with van der Waals surface area (Å²) in [7, 11) is 0. The van der Waals surface area contributed by atoms with Gasteiger partial charge in [-0.1, -0.05) is 72.3 Å². The molecule has 0 amide bonds. The monoisotopic (exact) mass is 514 g/mol. The third-order valence-corrected chi connectivity index (χ3v) is 8.03. The lowest BCUT2D eigenvalue weighted by molar-refractivity contribution is 0.212. The molecule has 5 aromatic rings. The molecule has 3 heterocycles. The van der Waals surface area contributed by atoms with Crippen LogP contribution in [0.15, 0.2) is 90.6 Å². The van der Waals surface area contributed by atoms with Crippen molar-refractivity contribution in [3.63, 3.8) is 0 Å². The third kappa shape index (κ3) is 4.37. The zero-order valence-corrected chi connectivity index (χ0v) is 21.1. The maximum absolute atomic E-state index is 13.5. The van der Waals surface area contributed by atoms with Crippen molar-refractivity contribution in [2.45, 2.75) is 6.04 Å². The molecule has 0 saturated carbocycles. The topological polar surface area (TPSA) is 32.3 Å². The zero-order chi connectivity index (χ0) is 24.5. The second-order valence-corrected chi connectivity index (χ2v) is 10.2. The number of aromatic nitrogens is 2. The summed E-state index contributed by atoms with van der Waals surface area (Å²) in [5.74, 6) is 0.701. The summed E-state index contributed by atoms with van der Waals surface area (Å²) in [4.78, 5) is 15.0. The highest BCUT2D eigenvalue weighted by molar-refractivity contribution is 7.17. The number of rotatable bonds is 5. The summed E-state index contributed by atoms with van der Waals surface area (Å²) in [6.45, 7) is 3.40. The summed E-state index contributed by atoms with van der Waals surface area (Å²) in [6.07, 6.45) is 1.64. The van der Waals surface area contributed by atoms with E-state index in [1.54, 1.807) is 17.7 Å². The molecule has 1 saturated heterocycles. The van der Waals surface area contributed by atoms with Crippen LogP contribution in [0.25, 0.3) is 21.3 Å². The number of piperazine rings is 1. The summed E-state index contributed by atoms with van der Waals surface area (Å²) < 4.78 is 13.5. The first-order valence-corrected chi connectivity index (χ1v) is 13.2. The van der Waals surface area contributed by atoms with E-state index in [0.717, 1.165) is 63.9 Å². The van der Waals surface area contributed by atoms with Gasteiger partial charge >= 0.3 is 0 Å². The lowest BCUT2D eigenvalue weighted by atomic mass is 9.96. The predicted octanol–water partition coefficient (Wildman–Crippen LogP) is 7.06. The van der Waals surface area contributed by atoms with Crippen LogP contribution in [0.1, 0.15) is 17.2 Å². The minimum absolute atomic E-state index is 0.0865. The largest absolute Gasteiger partial charge is 0.353 e. The van der Waals surface area contributed by atoms with Crippen molar-refractivity contribution in [2.75, 3.05) is 31.1 Å². The summed E-state index contributed by atoms with van der Waals surface area (Å²) in [6, 6.07) is 25.4. The molecule has 7 heteroatoms. The molecule has 6 rings (SSSR count). The Bertz CT molecular complexity index is 1480. The summed E-state index contributed by atoms with van der Waals surface area (Å²) in [5, 5.41) is 3.91. The fraction of sp³-hybridized carbons (Fsp3) is 0.172. The Labute approximate surface area is 218 Å². The first-order valence-electron chi connectivity index (χ1n) is 12.0. The zero-order valence-electron chi connectivity index (χ0n) is 19.5. The van der Waals surface area contributed by atoms with Crippen LogP contribution < -0.4 is 4.90 Å². The molecule has 1 atom stereocenters. The van der Waals surface area contributed by atoms with Crippen LogP contribution >= 0.6 is 22.9 Å². The van der Waals surface area contributed by atoms with Crippen molar-refractivity contribution >= 4 is 39.0 Å². The van der Waals surface area contributed by atoms with Crippen molar-refractivity contribution in [1.29, 1.82) is 0 Å². The lowest BCUT2D eigenvalue weighted by Gasteiger charge is -2.40. The Hall–Kier alpha value is -3.32. The van der Waals surface area contributed by atoms with Crippen LogP contribution in [0.5, 0.6) is 0 Å². The van der Waals surface area contributed by atoms with Crippen molar-refractivity contribution in [2.24, 2.45) is 0 Å². The number of halogens is 2. The average molecular weight is 515 g/mol. The number of thiophene rings is 1. The van der Waals surface area contributed by atoms with Crippen LogP contribution in [0.3, 0.4) is 0 Å². The molecule has 0 N–H and O–H groups in total. The number of fused-ring (bicyclic) bond motifs is 1. The maximum atomic E-state index is 13.5. The van der Waals surface area contributed by atoms with Gasteiger partial charge in [0.1, 0.15) is 22.8 Å². The number of benzene rings is 3. The number of hydrogen-bond acceptors (Lipinski definition) is 5. The summed E-state index contributed by atoms with van der Waals surface area (Å²) >= 11 is 8.27. The molecule has 1 aliphatic heterocycles. The van der Waals surface area contributed by atoms with Crippen LogP contribution in [-0.2, 0) is 0 Å². The first kappa shape index (κ1) is 23.1. The minimum Gasteiger partial charge on any atom is -0.353 e. The van der Waals surface area contributed by atoms with Gasteiger partial charge in [-0.25, -0.2) is 14.4 Å². The van der Waals surface area contributed by atoms with Gasteiger partial charge in [0.25, 0.3) is 0 Å². The molecule has 0 radical (unpaired) electrons. The second kappa shape index (κ2) is 9.97. The minimum atomic E-state index is -0.239. The molecular formula is C29H24ClFN4S. The average Bonchev–Trinajstić information content (AvgIpc) is 3.36. The number of anilines is 1. The van der Waals surface area contributed by atoms with Gasteiger partial charge in [-0.2, -0.15) is 0 Å². The Morgan fingerprint density at radius 1 is 0.833 bits per heavy atom. The molecule has 1 aliphatic rings. The van der Waals surface area contributed by atoms with E-state index in [1.165, 1.54) is 17.7 Å². The van der Waals surface area contributed by atoms with E-state index in [-0.39, 0.29) is 11.9 Å². The van der Waals surface area contributed by atoms with E-state index < -0.39 is 0 Å². The molecule has 4 nitrogen and oxygen atoms in total. The van der Waals surface area contributed by atoms with E-state index in [1.807, 2.05) is 30.3 Å². The molecule has 180 valence electrons. The van der Waals surface area contributed by atoms with Crippen molar-refractivity contribution in [3.05, 3.63) is 113 Å². The highest BCUT2D eigenvalue weighted by Crippen LogP contribution is 2.39. The van der Waals surface area contributed by atoms with Crippen molar-refractivity contribution in [1.82, 2.24) is 14.9 Å². The van der Waals surface area contributed by atoms with Crippen LogP contribution in [0.2, 0.25) is 5.02 Å². The number of nitrogens with zero attached hydrogens (tertiary/aromatic N) is 4. The molecule has 1 unspecified atom stereocenters. The van der Waals surface area contributed by atoms with Gasteiger partial charge in [-0.05, 0) is 34.9 Å². The first-order chi connectivity index (χ1) is 17.7. The maximum Gasteiger partial charge on any atom is 0.141 e. The van der Waals surface area contributed by atoms with E-state index in [2.05, 4.69) is 56.6 Å². The number of hydrogen-bond donors (Lipinski definition) is 0. The standard InChI is InChI=1S/C29H24ClFN4S/c30-25-9-5-4-8-23(25)27(21-6-2-1-3-7-21)34-14-16-35(17-15-34)28-26-24(18-36-29(26)33-19-32-28)20-10-12-22(31)13-11-20/h1-13,18-19,27H,14-17H2. The van der Waals surface area contributed by atoms with Crippen LogP contribution in [0, 0.1) is 5.82 Å². The van der Waals surface area contributed by atoms with E-state index in [4.69, 9.17) is 16.6 Å². The molecule has 0 bridgehead atoms. The molecular weight excluding hydrogens is 491 g/mol. The molecule has 36 heavy (non-hydrogen) atoms. The Balaban J connectivity index is 1.31. The van der Waals surface area contributed by atoms with Gasteiger partial charge < -0.3 is 4.90 Å². The van der Waals surface area contributed by atoms with Crippen molar-refractivity contribution in [3.8, 4) is 11.1 Å². The fourth-order valence-electron chi connectivity index (χ4n) is 5.05. The van der Waals surface area contributed by atoms with Gasteiger partial charge in [-0.3, -0.25) is 4.90 Å². The predicted molar refractivity (Wildman–Crippen MR) is 146 cm³/mol. The molecule has 3 aromatic carbocycles. The molecule has 2 aromatic heterocycles. The Morgan fingerprint density at radius 3 is 2.31 bits per heavy atom. The SMILES string of the molecule is Fc1ccc(-c2csc3ncnc(N4CCN(C(c5ccccc5)c5ccccc5Cl)CC4)c23)cc1. The van der Waals surface area contributed by atoms with Gasteiger partial charge in [-0.15, -0.1) is 11.3 Å². The highest BCUT2D eigenvalue weighted by Gasteiger charge is 2.29. The van der Waals surface area contributed by atoms with Crippen LogP contribution in [-0.4, -0.2) is 41.0 Å².